The zero-order valence-corrected chi connectivity index (χ0v) is 9.73. The smallest absolute Gasteiger partial charge is 0.00146 e. The van der Waals surface area contributed by atoms with Gasteiger partial charge in [0.15, 0.2) is 0 Å². The van der Waals surface area contributed by atoms with E-state index in [2.05, 4.69) is 24.5 Å². The van der Waals surface area contributed by atoms with Crippen LogP contribution in [-0.4, -0.2) is 29.8 Å². The predicted molar refractivity (Wildman–Crippen MR) is 62.6 cm³/mol. The van der Waals surface area contributed by atoms with Crippen molar-refractivity contribution >= 4 is 12.6 Å². The standard InChI is InChI=1S/C11H23NS/c1-2-11(13)7-6-10-12-8-4-3-5-9-12/h11,13H,2-10H2,1H3. The molecule has 0 aromatic heterocycles. The molecule has 0 N–H and O–H groups in total. The normalized spacial score (nSPS) is 21.7. The zero-order valence-electron chi connectivity index (χ0n) is 8.84. The molecule has 0 aromatic carbocycles. The first-order valence-corrected chi connectivity index (χ1v) is 6.25. The summed E-state index contributed by atoms with van der Waals surface area (Å²) in [6, 6.07) is 0. The van der Waals surface area contributed by atoms with Crippen LogP contribution in [0.5, 0.6) is 0 Å². The van der Waals surface area contributed by atoms with Crippen molar-refractivity contribution in [1.82, 2.24) is 4.90 Å². The minimum Gasteiger partial charge on any atom is -0.303 e. The SMILES string of the molecule is CCC(S)CCCN1CCCCC1. The maximum atomic E-state index is 4.51. The molecule has 1 atom stereocenters. The molecule has 1 unspecified atom stereocenters. The number of nitrogens with zero attached hydrogens (tertiary/aromatic N) is 1. The van der Waals surface area contributed by atoms with Crippen LogP contribution in [-0.2, 0) is 0 Å². The van der Waals surface area contributed by atoms with Gasteiger partial charge in [0.25, 0.3) is 0 Å². The highest BCUT2D eigenvalue weighted by atomic mass is 32.1. The molecule has 1 aliphatic rings. The zero-order chi connectivity index (χ0) is 9.52. The number of hydrogen-bond acceptors (Lipinski definition) is 2. The van der Waals surface area contributed by atoms with Gasteiger partial charge in [0, 0.05) is 5.25 Å². The van der Waals surface area contributed by atoms with Crippen LogP contribution in [0.4, 0.5) is 0 Å². The van der Waals surface area contributed by atoms with E-state index in [-0.39, 0.29) is 0 Å². The Morgan fingerprint density at radius 3 is 2.54 bits per heavy atom. The van der Waals surface area contributed by atoms with E-state index in [1.54, 1.807) is 0 Å². The molecule has 1 aliphatic heterocycles. The van der Waals surface area contributed by atoms with Crippen LogP contribution in [0.2, 0.25) is 0 Å². The number of piperidine rings is 1. The molecular weight excluding hydrogens is 178 g/mol. The van der Waals surface area contributed by atoms with E-state index < -0.39 is 0 Å². The molecule has 0 aromatic rings. The van der Waals surface area contributed by atoms with Crippen LogP contribution in [0.1, 0.15) is 45.4 Å². The second-order valence-electron chi connectivity index (χ2n) is 4.11. The van der Waals surface area contributed by atoms with Crippen molar-refractivity contribution in [1.29, 1.82) is 0 Å². The summed E-state index contributed by atoms with van der Waals surface area (Å²) in [6.07, 6.45) is 8.11. The molecule has 0 aliphatic carbocycles. The Kier molecular flexibility index (Phi) is 5.88. The molecule has 1 rings (SSSR count). The van der Waals surface area contributed by atoms with Gasteiger partial charge in [-0.3, -0.25) is 0 Å². The highest BCUT2D eigenvalue weighted by Crippen LogP contribution is 2.12. The van der Waals surface area contributed by atoms with E-state index in [4.69, 9.17) is 0 Å². The number of likely N-dealkylation sites (tertiary alicyclic amines) is 1. The van der Waals surface area contributed by atoms with Crippen LogP contribution in [0.25, 0.3) is 0 Å². The van der Waals surface area contributed by atoms with Gasteiger partial charge in [0.05, 0.1) is 0 Å². The molecule has 0 saturated carbocycles. The Morgan fingerprint density at radius 2 is 1.92 bits per heavy atom. The monoisotopic (exact) mass is 201 g/mol. The van der Waals surface area contributed by atoms with Gasteiger partial charge in [0.2, 0.25) is 0 Å². The Morgan fingerprint density at radius 1 is 1.23 bits per heavy atom. The second kappa shape index (κ2) is 6.72. The van der Waals surface area contributed by atoms with Crippen LogP contribution < -0.4 is 0 Å². The van der Waals surface area contributed by atoms with Gasteiger partial charge in [0.1, 0.15) is 0 Å². The summed E-state index contributed by atoms with van der Waals surface area (Å²) in [4.78, 5) is 2.61. The average molecular weight is 201 g/mol. The van der Waals surface area contributed by atoms with Crippen molar-refractivity contribution < 1.29 is 0 Å². The Balaban J connectivity index is 1.98. The predicted octanol–water partition coefficient (Wildman–Crippen LogP) is 2.96. The third-order valence-corrected chi connectivity index (χ3v) is 3.55. The average Bonchev–Trinajstić information content (AvgIpc) is 2.19. The van der Waals surface area contributed by atoms with Crippen molar-refractivity contribution in [3.05, 3.63) is 0 Å². The summed E-state index contributed by atoms with van der Waals surface area (Å²) >= 11 is 4.51. The van der Waals surface area contributed by atoms with Crippen LogP contribution in [0.3, 0.4) is 0 Å². The van der Waals surface area contributed by atoms with E-state index in [9.17, 15) is 0 Å². The molecule has 2 heteroatoms. The van der Waals surface area contributed by atoms with E-state index >= 15 is 0 Å². The van der Waals surface area contributed by atoms with Gasteiger partial charge >= 0.3 is 0 Å². The largest absolute Gasteiger partial charge is 0.303 e. The summed E-state index contributed by atoms with van der Waals surface area (Å²) in [7, 11) is 0. The first-order chi connectivity index (χ1) is 6.33. The van der Waals surface area contributed by atoms with E-state index in [1.807, 2.05) is 0 Å². The van der Waals surface area contributed by atoms with Crippen molar-refractivity contribution in [2.24, 2.45) is 0 Å². The first-order valence-electron chi connectivity index (χ1n) is 5.73. The third kappa shape index (κ3) is 4.92. The number of thiol groups is 1. The second-order valence-corrected chi connectivity index (χ2v) is 4.84. The first kappa shape index (κ1) is 11.4. The molecule has 13 heavy (non-hydrogen) atoms. The summed E-state index contributed by atoms with van der Waals surface area (Å²) in [6.45, 7) is 6.20. The van der Waals surface area contributed by atoms with E-state index in [0.29, 0.717) is 5.25 Å². The Hall–Kier alpha value is 0.310. The van der Waals surface area contributed by atoms with Gasteiger partial charge in [-0.25, -0.2) is 0 Å². The van der Waals surface area contributed by atoms with Crippen LogP contribution in [0, 0.1) is 0 Å². The van der Waals surface area contributed by atoms with Gasteiger partial charge in [-0.05, 0) is 51.7 Å². The highest BCUT2D eigenvalue weighted by molar-refractivity contribution is 7.80. The maximum absolute atomic E-state index is 4.51. The van der Waals surface area contributed by atoms with Crippen LogP contribution >= 0.6 is 12.6 Å². The molecule has 1 saturated heterocycles. The lowest BCUT2D eigenvalue weighted by Crippen LogP contribution is -2.30. The molecule has 1 fully saturated rings. The molecule has 1 nitrogen and oxygen atoms in total. The Bertz CT molecular complexity index is 121. The molecule has 0 amide bonds. The highest BCUT2D eigenvalue weighted by Gasteiger charge is 2.09. The van der Waals surface area contributed by atoms with Crippen molar-refractivity contribution in [3.8, 4) is 0 Å². The van der Waals surface area contributed by atoms with Crippen molar-refractivity contribution in [2.75, 3.05) is 19.6 Å². The van der Waals surface area contributed by atoms with Crippen molar-refractivity contribution in [2.45, 2.75) is 50.7 Å². The summed E-state index contributed by atoms with van der Waals surface area (Å²) in [5.41, 5.74) is 0. The van der Waals surface area contributed by atoms with Gasteiger partial charge < -0.3 is 4.90 Å². The number of hydrogen-bond donors (Lipinski definition) is 1. The minimum absolute atomic E-state index is 0.629. The summed E-state index contributed by atoms with van der Waals surface area (Å²) < 4.78 is 0. The lowest BCUT2D eigenvalue weighted by molar-refractivity contribution is 0.224. The topological polar surface area (TPSA) is 3.24 Å². The fraction of sp³-hybridized carbons (Fsp3) is 1.00. The van der Waals surface area contributed by atoms with Gasteiger partial charge in [-0.1, -0.05) is 13.3 Å². The quantitative estimate of drug-likeness (QED) is 0.669. The minimum atomic E-state index is 0.629. The molecule has 0 spiro atoms. The molecule has 1 heterocycles. The Labute approximate surface area is 88.3 Å². The molecular formula is C11H23NS. The third-order valence-electron chi connectivity index (χ3n) is 2.93. The van der Waals surface area contributed by atoms with Gasteiger partial charge in [-0.2, -0.15) is 12.6 Å². The molecule has 78 valence electrons. The number of rotatable bonds is 5. The fourth-order valence-electron chi connectivity index (χ4n) is 1.94. The lowest BCUT2D eigenvalue weighted by atomic mass is 10.1. The van der Waals surface area contributed by atoms with E-state index in [0.717, 1.165) is 0 Å². The van der Waals surface area contributed by atoms with Crippen LogP contribution in [0.15, 0.2) is 0 Å². The van der Waals surface area contributed by atoms with Crippen molar-refractivity contribution in [3.63, 3.8) is 0 Å². The maximum Gasteiger partial charge on any atom is 0.00146 e. The molecule has 0 radical (unpaired) electrons. The van der Waals surface area contributed by atoms with E-state index in [1.165, 1.54) is 58.2 Å². The van der Waals surface area contributed by atoms with Gasteiger partial charge in [-0.15, -0.1) is 0 Å². The molecule has 0 bridgehead atoms. The summed E-state index contributed by atoms with van der Waals surface area (Å²) in [5.74, 6) is 0. The fourth-order valence-corrected chi connectivity index (χ4v) is 2.12. The summed E-state index contributed by atoms with van der Waals surface area (Å²) in [5, 5.41) is 0.629. The lowest BCUT2D eigenvalue weighted by Gasteiger charge is -2.26.